The van der Waals surface area contributed by atoms with E-state index in [9.17, 15) is 4.79 Å². The normalized spacial score (nSPS) is 19.9. The molecule has 0 aliphatic carbocycles. The fourth-order valence-corrected chi connectivity index (χ4v) is 3.59. The summed E-state index contributed by atoms with van der Waals surface area (Å²) in [5.74, 6) is -0.105. The van der Waals surface area contributed by atoms with Crippen molar-refractivity contribution in [2.24, 2.45) is 0 Å². The van der Waals surface area contributed by atoms with Gasteiger partial charge in [0.25, 0.3) is 5.91 Å². The van der Waals surface area contributed by atoms with Crippen molar-refractivity contribution in [2.75, 3.05) is 11.5 Å². The van der Waals surface area contributed by atoms with Crippen LogP contribution in [0.15, 0.2) is 73.1 Å². The van der Waals surface area contributed by atoms with E-state index in [1.54, 1.807) is 17.3 Å². The van der Waals surface area contributed by atoms with Gasteiger partial charge < -0.3 is 4.74 Å². The minimum absolute atomic E-state index is 0.000292. The average Bonchev–Trinajstić information content (AvgIpc) is 2.70. The number of pyridine rings is 1. The molecule has 2 heterocycles. The van der Waals surface area contributed by atoms with Crippen LogP contribution in [0.5, 0.6) is 0 Å². The highest BCUT2D eigenvalue weighted by Crippen LogP contribution is 2.42. The quantitative estimate of drug-likeness (QED) is 0.606. The van der Waals surface area contributed by atoms with E-state index in [2.05, 4.69) is 4.98 Å². The second kappa shape index (κ2) is 7.69. The number of aromatic nitrogens is 1. The number of hydrogen-bond acceptors (Lipinski definition) is 3. The number of carbonyl (C=O) groups is 1. The Hall–Kier alpha value is -2.40. The summed E-state index contributed by atoms with van der Waals surface area (Å²) in [7, 11) is 0. The Morgan fingerprint density at radius 3 is 2.00 bits per heavy atom. The number of hydrogen-bond donors (Lipinski definition) is 0. The molecular formula is C21H16Cl2N2O2. The van der Waals surface area contributed by atoms with E-state index < -0.39 is 0 Å². The summed E-state index contributed by atoms with van der Waals surface area (Å²) in [6.07, 6.45) is 3.01. The number of carbonyl (C=O) groups excluding carboxylic acids is 1. The number of rotatable bonds is 3. The van der Waals surface area contributed by atoms with Crippen LogP contribution in [0.1, 0.15) is 23.3 Å². The highest BCUT2D eigenvalue weighted by molar-refractivity contribution is 6.30. The lowest BCUT2D eigenvalue weighted by atomic mass is 9.92. The van der Waals surface area contributed by atoms with Gasteiger partial charge in [0.1, 0.15) is 12.7 Å². The highest BCUT2D eigenvalue weighted by atomic mass is 35.5. The van der Waals surface area contributed by atoms with Gasteiger partial charge in [-0.2, -0.15) is 0 Å². The summed E-state index contributed by atoms with van der Waals surface area (Å²) >= 11 is 12.1. The number of benzene rings is 2. The summed E-state index contributed by atoms with van der Waals surface area (Å²) in [6.45, 7) is -0.000292. The molecule has 0 bridgehead atoms. The first-order valence-electron chi connectivity index (χ1n) is 8.48. The standard InChI is InChI=1S/C21H16Cl2N2O2/c22-16-5-1-14(2-6-16)20-21(15-3-7-17(23)8-4-15)27-13-19(26)25(20)18-9-11-24-12-10-18/h1-12,20-21H,13H2/t20-,21+/m0/s1. The van der Waals surface area contributed by atoms with Gasteiger partial charge in [0.05, 0.1) is 6.04 Å². The molecule has 1 amide bonds. The first-order chi connectivity index (χ1) is 13.1. The molecule has 3 aromatic rings. The molecule has 0 spiro atoms. The van der Waals surface area contributed by atoms with Crippen LogP contribution in [0.4, 0.5) is 5.69 Å². The Labute approximate surface area is 167 Å². The fraction of sp³-hybridized carbons (Fsp3) is 0.143. The molecule has 1 saturated heterocycles. The number of ether oxygens (including phenoxy) is 1. The molecule has 0 radical (unpaired) electrons. The fourth-order valence-electron chi connectivity index (χ4n) is 3.34. The molecule has 0 N–H and O–H groups in total. The number of amides is 1. The van der Waals surface area contributed by atoms with Gasteiger partial charge in [-0.05, 0) is 47.5 Å². The lowest BCUT2D eigenvalue weighted by molar-refractivity contribution is -0.132. The van der Waals surface area contributed by atoms with E-state index in [1.165, 1.54) is 0 Å². The minimum atomic E-state index is -0.341. The number of morpholine rings is 1. The smallest absolute Gasteiger partial charge is 0.253 e. The maximum absolute atomic E-state index is 12.8. The third-order valence-electron chi connectivity index (χ3n) is 4.57. The molecule has 0 unspecified atom stereocenters. The zero-order valence-electron chi connectivity index (χ0n) is 14.3. The summed E-state index contributed by atoms with van der Waals surface area (Å²) in [5.41, 5.74) is 2.66. The highest BCUT2D eigenvalue weighted by Gasteiger charge is 2.39. The molecule has 2 aromatic carbocycles. The first-order valence-corrected chi connectivity index (χ1v) is 9.24. The Bertz CT molecular complexity index is 931. The van der Waals surface area contributed by atoms with Crippen molar-refractivity contribution in [3.63, 3.8) is 0 Å². The number of anilines is 1. The Kier molecular flexibility index (Phi) is 5.12. The minimum Gasteiger partial charge on any atom is -0.361 e. The van der Waals surface area contributed by atoms with E-state index in [-0.39, 0.29) is 24.7 Å². The van der Waals surface area contributed by atoms with Gasteiger partial charge in [0.2, 0.25) is 0 Å². The van der Waals surface area contributed by atoms with Gasteiger partial charge in [-0.3, -0.25) is 14.7 Å². The van der Waals surface area contributed by atoms with Gasteiger partial charge in [0, 0.05) is 28.1 Å². The number of halogens is 2. The molecule has 4 rings (SSSR count). The topological polar surface area (TPSA) is 42.4 Å². The molecule has 1 aliphatic heterocycles. The predicted molar refractivity (Wildman–Crippen MR) is 106 cm³/mol. The van der Waals surface area contributed by atoms with Crippen LogP contribution < -0.4 is 4.90 Å². The molecule has 4 nitrogen and oxygen atoms in total. The van der Waals surface area contributed by atoms with E-state index in [0.717, 1.165) is 16.8 Å². The molecule has 0 saturated carbocycles. The van der Waals surface area contributed by atoms with Crippen molar-refractivity contribution in [3.8, 4) is 0 Å². The number of nitrogens with zero attached hydrogens (tertiary/aromatic N) is 2. The van der Waals surface area contributed by atoms with Crippen molar-refractivity contribution in [1.82, 2.24) is 4.98 Å². The zero-order chi connectivity index (χ0) is 18.8. The van der Waals surface area contributed by atoms with Crippen molar-refractivity contribution < 1.29 is 9.53 Å². The van der Waals surface area contributed by atoms with Crippen molar-refractivity contribution in [3.05, 3.63) is 94.2 Å². The lowest BCUT2D eigenvalue weighted by Gasteiger charge is -2.41. The van der Waals surface area contributed by atoms with Crippen LogP contribution in [0.2, 0.25) is 10.0 Å². The van der Waals surface area contributed by atoms with Gasteiger partial charge >= 0.3 is 0 Å². The molecule has 1 aromatic heterocycles. The SMILES string of the molecule is O=C1CO[C@H](c2ccc(Cl)cc2)[C@H](c2ccc(Cl)cc2)N1c1ccncc1. The van der Waals surface area contributed by atoms with Crippen LogP contribution >= 0.6 is 23.2 Å². The molecule has 1 fully saturated rings. The molecule has 2 atom stereocenters. The van der Waals surface area contributed by atoms with Gasteiger partial charge in [-0.1, -0.05) is 47.5 Å². The van der Waals surface area contributed by atoms with Crippen molar-refractivity contribution in [1.29, 1.82) is 0 Å². The Morgan fingerprint density at radius 1 is 0.852 bits per heavy atom. The van der Waals surface area contributed by atoms with Gasteiger partial charge in [-0.25, -0.2) is 0 Å². The molecule has 6 heteroatoms. The van der Waals surface area contributed by atoms with Crippen LogP contribution in [0, 0.1) is 0 Å². The monoisotopic (exact) mass is 398 g/mol. The molecular weight excluding hydrogens is 383 g/mol. The average molecular weight is 399 g/mol. The summed E-state index contributed by atoms with van der Waals surface area (Å²) in [4.78, 5) is 18.6. The largest absolute Gasteiger partial charge is 0.361 e. The van der Waals surface area contributed by atoms with Crippen LogP contribution in [-0.4, -0.2) is 17.5 Å². The van der Waals surface area contributed by atoms with E-state index in [0.29, 0.717) is 10.0 Å². The van der Waals surface area contributed by atoms with E-state index in [4.69, 9.17) is 27.9 Å². The summed E-state index contributed by atoms with van der Waals surface area (Å²) in [6, 6.07) is 18.3. The first kappa shape index (κ1) is 18.0. The third-order valence-corrected chi connectivity index (χ3v) is 5.07. The molecule has 136 valence electrons. The summed E-state index contributed by atoms with van der Waals surface area (Å²) in [5, 5.41) is 1.29. The van der Waals surface area contributed by atoms with Crippen LogP contribution in [-0.2, 0) is 9.53 Å². The van der Waals surface area contributed by atoms with E-state index >= 15 is 0 Å². The second-order valence-electron chi connectivity index (χ2n) is 6.25. The van der Waals surface area contributed by atoms with Crippen LogP contribution in [0.25, 0.3) is 0 Å². The summed E-state index contributed by atoms with van der Waals surface area (Å²) < 4.78 is 5.98. The van der Waals surface area contributed by atoms with Gasteiger partial charge in [0.15, 0.2) is 0 Å². The predicted octanol–water partition coefficient (Wildman–Crippen LogP) is 5.23. The van der Waals surface area contributed by atoms with Crippen molar-refractivity contribution in [2.45, 2.75) is 12.1 Å². The lowest BCUT2D eigenvalue weighted by Crippen LogP contribution is -2.46. The van der Waals surface area contributed by atoms with Crippen LogP contribution in [0.3, 0.4) is 0 Å². The van der Waals surface area contributed by atoms with Crippen molar-refractivity contribution >= 4 is 34.8 Å². The maximum Gasteiger partial charge on any atom is 0.253 e. The Balaban J connectivity index is 1.83. The Morgan fingerprint density at radius 2 is 1.41 bits per heavy atom. The maximum atomic E-state index is 12.8. The molecule has 27 heavy (non-hydrogen) atoms. The molecule has 1 aliphatic rings. The second-order valence-corrected chi connectivity index (χ2v) is 7.12. The van der Waals surface area contributed by atoms with Gasteiger partial charge in [-0.15, -0.1) is 0 Å². The zero-order valence-corrected chi connectivity index (χ0v) is 15.8. The van der Waals surface area contributed by atoms with E-state index in [1.807, 2.05) is 60.7 Å². The third kappa shape index (κ3) is 3.69.